The molecule has 0 bridgehead atoms. The maximum absolute atomic E-state index is 13.3. The van der Waals surface area contributed by atoms with Gasteiger partial charge in [0.15, 0.2) is 0 Å². The van der Waals surface area contributed by atoms with Crippen LogP contribution in [-0.2, 0) is 5.60 Å². The van der Waals surface area contributed by atoms with Gasteiger partial charge in [0.1, 0.15) is 11.4 Å². The first kappa shape index (κ1) is 11.3. The highest BCUT2D eigenvalue weighted by Crippen LogP contribution is 2.32. The molecule has 1 nitrogen and oxygen atoms in total. The summed E-state index contributed by atoms with van der Waals surface area (Å²) in [5.74, 6) is -0.313. The Bertz CT molecular complexity index is 468. The largest absolute Gasteiger partial charge is 0.380 e. The van der Waals surface area contributed by atoms with Crippen molar-refractivity contribution in [2.75, 3.05) is 0 Å². The number of hydrogen-bond donors (Lipinski definition) is 1. The third kappa shape index (κ3) is 2.01. The molecule has 1 unspecified atom stereocenters. The lowest BCUT2D eigenvalue weighted by molar-refractivity contribution is 0.106. The van der Waals surface area contributed by atoms with Gasteiger partial charge >= 0.3 is 0 Å². The van der Waals surface area contributed by atoms with Gasteiger partial charge in [0.05, 0.1) is 0 Å². The van der Waals surface area contributed by atoms with Gasteiger partial charge in [0.25, 0.3) is 0 Å². The third-order valence-electron chi connectivity index (χ3n) is 2.61. The van der Waals surface area contributed by atoms with Crippen LogP contribution in [-0.4, -0.2) is 5.11 Å². The number of aliphatic hydroxyl groups is 1. The van der Waals surface area contributed by atoms with Gasteiger partial charge in [-0.2, -0.15) is 0 Å². The summed E-state index contributed by atoms with van der Waals surface area (Å²) in [6.07, 6.45) is 0. The predicted molar refractivity (Wildman–Crippen MR) is 64.1 cm³/mol. The highest BCUT2D eigenvalue weighted by Gasteiger charge is 2.27. The minimum absolute atomic E-state index is 0.313. The number of benzene rings is 1. The Kier molecular flexibility index (Phi) is 2.82. The van der Waals surface area contributed by atoms with E-state index >= 15 is 0 Å². The van der Waals surface area contributed by atoms with Gasteiger partial charge in [-0.25, -0.2) is 4.39 Å². The van der Waals surface area contributed by atoms with Gasteiger partial charge in [-0.05, 0) is 48.6 Å². The Balaban J connectivity index is 2.51. The summed E-state index contributed by atoms with van der Waals surface area (Å²) in [6, 6.07) is 8.37. The van der Waals surface area contributed by atoms with E-state index in [1.54, 1.807) is 6.92 Å². The van der Waals surface area contributed by atoms with Crippen LogP contribution >= 0.6 is 11.3 Å². The highest BCUT2D eigenvalue weighted by atomic mass is 32.1. The van der Waals surface area contributed by atoms with Crippen molar-refractivity contribution in [2.45, 2.75) is 19.4 Å². The fraction of sp³-hybridized carbons (Fsp3) is 0.231. The second-order valence-corrected chi connectivity index (χ2v) is 5.01. The van der Waals surface area contributed by atoms with E-state index in [0.717, 1.165) is 10.4 Å². The highest BCUT2D eigenvalue weighted by molar-refractivity contribution is 7.10. The maximum Gasteiger partial charge on any atom is 0.123 e. The summed E-state index contributed by atoms with van der Waals surface area (Å²) in [4.78, 5) is 0.817. The molecule has 0 radical (unpaired) electrons. The normalized spacial score (nSPS) is 14.8. The zero-order chi connectivity index (χ0) is 11.8. The van der Waals surface area contributed by atoms with Gasteiger partial charge in [-0.1, -0.05) is 12.1 Å². The molecular weight excluding hydrogens is 223 g/mol. The van der Waals surface area contributed by atoms with Crippen LogP contribution in [0.1, 0.15) is 22.9 Å². The van der Waals surface area contributed by atoms with Crippen LogP contribution in [0.2, 0.25) is 0 Å². The van der Waals surface area contributed by atoms with Crippen LogP contribution in [0.5, 0.6) is 0 Å². The summed E-state index contributed by atoms with van der Waals surface area (Å²) in [6.45, 7) is 3.50. The third-order valence-corrected chi connectivity index (χ3v) is 3.69. The molecule has 3 heteroatoms. The van der Waals surface area contributed by atoms with E-state index in [0.29, 0.717) is 5.56 Å². The molecule has 1 aromatic carbocycles. The first-order valence-electron chi connectivity index (χ1n) is 5.04. The van der Waals surface area contributed by atoms with Crippen molar-refractivity contribution in [1.82, 2.24) is 0 Å². The van der Waals surface area contributed by atoms with Crippen molar-refractivity contribution in [1.29, 1.82) is 0 Å². The number of thiophene rings is 1. The molecule has 0 aliphatic heterocycles. The second-order valence-electron chi connectivity index (χ2n) is 4.07. The van der Waals surface area contributed by atoms with Crippen LogP contribution < -0.4 is 0 Å². The van der Waals surface area contributed by atoms with Crippen LogP contribution in [0.15, 0.2) is 35.7 Å². The maximum atomic E-state index is 13.3. The Hall–Kier alpha value is -1.19. The van der Waals surface area contributed by atoms with Gasteiger partial charge in [0.2, 0.25) is 0 Å². The number of rotatable bonds is 2. The molecule has 0 spiro atoms. The van der Waals surface area contributed by atoms with Gasteiger partial charge in [-0.15, -0.1) is 11.3 Å². The monoisotopic (exact) mass is 236 g/mol. The zero-order valence-electron chi connectivity index (χ0n) is 9.20. The summed E-state index contributed by atoms with van der Waals surface area (Å²) in [5, 5.41) is 12.3. The lowest BCUT2D eigenvalue weighted by atomic mass is 9.93. The van der Waals surface area contributed by atoms with Gasteiger partial charge in [0, 0.05) is 4.88 Å². The Morgan fingerprint density at radius 1 is 1.31 bits per heavy atom. The Morgan fingerprint density at radius 3 is 2.62 bits per heavy atom. The van der Waals surface area contributed by atoms with Crippen molar-refractivity contribution >= 4 is 11.3 Å². The quantitative estimate of drug-likeness (QED) is 0.846. The molecule has 0 aliphatic carbocycles. The Labute approximate surface area is 98.2 Å². The van der Waals surface area contributed by atoms with Crippen LogP contribution in [0, 0.1) is 12.7 Å². The topological polar surface area (TPSA) is 20.2 Å². The van der Waals surface area contributed by atoms with Crippen LogP contribution in [0.4, 0.5) is 4.39 Å². The van der Waals surface area contributed by atoms with E-state index in [4.69, 9.17) is 0 Å². The average Bonchev–Trinajstić information content (AvgIpc) is 2.69. The van der Waals surface area contributed by atoms with E-state index < -0.39 is 5.60 Å². The second kappa shape index (κ2) is 4.00. The molecule has 1 aromatic heterocycles. The molecule has 1 N–H and O–H groups in total. The lowest BCUT2D eigenvalue weighted by Gasteiger charge is -2.23. The molecule has 0 fully saturated rings. The summed E-state index contributed by atoms with van der Waals surface area (Å²) in [7, 11) is 0. The first-order valence-corrected chi connectivity index (χ1v) is 5.92. The van der Waals surface area contributed by atoms with E-state index in [1.165, 1.54) is 23.5 Å². The molecule has 1 heterocycles. The number of aryl methyl sites for hydroxylation is 1. The van der Waals surface area contributed by atoms with Crippen molar-refractivity contribution in [3.8, 4) is 0 Å². The molecule has 84 valence electrons. The zero-order valence-corrected chi connectivity index (χ0v) is 10.0. The minimum atomic E-state index is -1.12. The smallest absolute Gasteiger partial charge is 0.123 e. The van der Waals surface area contributed by atoms with E-state index in [2.05, 4.69) is 0 Å². The van der Waals surface area contributed by atoms with E-state index in [9.17, 15) is 9.50 Å². The molecule has 0 aliphatic rings. The molecule has 1 atom stereocenters. The molecule has 2 aromatic rings. The molecule has 0 amide bonds. The first-order chi connectivity index (χ1) is 7.50. The summed E-state index contributed by atoms with van der Waals surface area (Å²) in [5.41, 5.74) is 0.278. The van der Waals surface area contributed by atoms with Crippen LogP contribution in [0.3, 0.4) is 0 Å². The predicted octanol–water partition coefficient (Wildman–Crippen LogP) is 3.45. The average molecular weight is 236 g/mol. The summed E-state index contributed by atoms with van der Waals surface area (Å²) < 4.78 is 13.3. The number of halogens is 1. The minimum Gasteiger partial charge on any atom is -0.380 e. The van der Waals surface area contributed by atoms with Crippen LogP contribution in [0.25, 0.3) is 0 Å². The molecule has 16 heavy (non-hydrogen) atoms. The summed E-state index contributed by atoms with van der Waals surface area (Å²) >= 11 is 1.46. The molecular formula is C13H13FOS. The molecule has 0 saturated carbocycles. The van der Waals surface area contributed by atoms with Crippen molar-refractivity contribution in [2.24, 2.45) is 0 Å². The standard InChI is InChI=1S/C13H13FOS/c1-9-6-10(8-11(14)7-9)13(2,15)12-4-3-5-16-12/h3-8,15H,1-2H3. The fourth-order valence-electron chi connectivity index (χ4n) is 1.72. The van der Waals surface area contributed by atoms with Gasteiger partial charge < -0.3 is 5.11 Å². The van der Waals surface area contributed by atoms with Crippen molar-refractivity contribution in [3.63, 3.8) is 0 Å². The van der Waals surface area contributed by atoms with E-state index in [-0.39, 0.29) is 5.82 Å². The number of hydrogen-bond acceptors (Lipinski definition) is 2. The van der Waals surface area contributed by atoms with Crippen molar-refractivity contribution in [3.05, 3.63) is 57.5 Å². The van der Waals surface area contributed by atoms with E-state index in [1.807, 2.05) is 30.5 Å². The Morgan fingerprint density at radius 2 is 2.06 bits per heavy atom. The van der Waals surface area contributed by atoms with Crippen molar-refractivity contribution < 1.29 is 9.50 Å². The fourth-order valence-corrected chi connectivity index (χ4v) is 2.52. The molecule has 2 rings (SSSR count). The van der Waals surface area contributed by atoms with Gasteiger partial charge in [-0.3, -0.25) is 0 Å². The SMILES string of the molecule is Cc1cc(F)cc(C(C)(O)c2cccs2)c1. The molecule has 0 saturated heterocycles. The lowest BCUT2D eigenvalue weighted by Crippen LogP contribution is -2.21.